The number of anilines is 2. The van der Waals surface area contributed by atoms with Gasteiger partial charge in [-0.3, -0.25) is 0 Å². The van der Waals surface area contributed by atoms with Crippen molar-refractivity contribution in [3.63, 3.8) is 0 Å². The summed E-state index contributed by atoms with van der Waals surface area (Å²) in [5.41, 5.74) is 15.2. The molecule has 2 fully saturated rings. The van der Waals surface area contributed by atoms with E-state index in [1.54, 1.807) is 0 Å². The molecular weight excluding hydrogens is 274 g/mol. The highest BCUT2D eigenvalue weighted by atomic mass is 15.2. The Morgan fingerprint density at radius 3 is 2.50 bits per heavy atom. The molecule has 0 aromatic carbocycles. The number of nitrogen functional groups attached to an aromatic ring is 1. The third kappa shape index (κ3) is 2.09. The van der Waals surface area contributed by atoms with Gasteiger partial charge < -0.3 is 16.4 Å². The number of fused-ring (bicyclic) bond motifs is 2. The lowest BCUT2D eigenvalue weighted by Gasteiger charge is -2.36. The quantitative estimate of drug-likeness (QED) is 0.829. The zero-order valence-corrected chi connectivity index (χ0v) is 13.5. The van der Waals surface area contributed by atoms with Gasteiger partial charge in [-0.15, -0.1) is 0 Å². The summed E-state index contributed by atoms with van der Waals surface area (Å²) in [4.78, 5) is 11.7. The summed E-state index contributed by atoms with van der Waals surface area (Å²) < 4.78 is 0. The molecule has 1 saturated heterocycles. The molecule has 5 nitrogen and oxygen atoms in total. The summed E-state index contributed by atoms with van der Waals surface area (Å²) in [7, 11) is 0. The first-order valence-corrected chi connectivity index (χ1v) is 8.76. The summed E-state index contributed by atoms with van der Waals surface area (Å²) in [6, 6.07) is 0.232. The minimum absolute atomic E-state index is 0.232. The van der Waals surface area contributed by atoms with Crippen LogP contribution in [0.25, 0.3) is 0 Å². The Morgan fingerprint density at radius 1 is 1.09 bits per heavy atom. The second kappa shape index (κ2) is 5.08. The Bertz CT molecular complexity index is 569. The first-order valence-electron chi connectivity index (χ1n) is 8.76. The molecule has 1 aliphatic heterocycles. The van der Waals surface area contributed by atoms with E-state index in [1.165, 1.54) is 49.8 Å². The van der Waals surface area contributed by atoms with Gasteiger partial charge in [0, 0.05) is 30.1 Å². The Kier molecular flexibility index (Phi) is 3.29. The van der Waals surface area contributed by atoms with E-state index < -0.39 is 0 Å². The van der Waals surface area contributed by atoms with Crippen molar-refractivity contribution in [1.82, 2.24) is 9.97 Å². The largest absolute Gasteiger partial charge is 0.368 e. The van der Waals surface area contributed by atoms with E-state index in [4.69, 9.17) is 16.5 Å². The average Bonchev–Trinajstić information content (AvgIpc) is 3.08. The van der Waals surface area contributed by atoms with E-state index in [9.17, 15) is 0 Å². The molecule has 22 heavy (non-hydrogen) atoms. The smallest absolute Gasteiger partial charge is 0.222 e. The third-order valence-electron chi connectivity index (χ3n) is 6.12. The van der Waals surface area contributed by atoms with Crippen LogP contribution in [-0.2, 0) is 11.8 Å². The Labute approximate surface area is 132 Å². The van der Waals surface area contributed by atoms with Crippen LogP contribution in [0.3, 0.4) is 0 Å². The molecular formula is C17H27N5. The van der Waals surface area contributed by atoms with Crippen LogP contribution in [0.15, 0.2) is 0 Å². The van der Waals surface area contributed by atoms with E-state index in [0.29, 0.717) is 11.9 Å². The Balaban J connectivity index is 1.79. The van der Waals surface area contributed by atoms with E-state index >= 15 is 0 Å². The van der Waals surface area contributed by atoms with Gasteiger partial charge in [0.25, 0.3) is 0 Å². The fraction of sp³-hybridized carbons (Fsp3) is 0.765. The molecule has 2 heterocycles. The minimum Gasteiger partial charge on any atom is -0.368 e. The van der Waals surface area contributed by atoms with Crippen molar-refractivity contribution in [1.29, 1.82) is 0 Å². The molecule has 4 N–H and O–H groups in total. The average molecular weight is 301 g/mol. The van der Waals surface area contributed by atoms with E-state index in [1.807, 2.05) is 0 Å². The summed E-state index contributed by atoms with van der Waals surface area (Å²) in [5, 5.41) is 0. The van der Waals surface area contributed by atoms with Gasteiger partial charge in [0.1, 0.15) is 5.82 Å². The molecule has 2 aliphatic carbocycles. The van der Waals surface area contributed by atoms with Gasteiger partial charge in [0.05, 0.1) is 5.69 Å². The van der Waals surface area contributed by atoms with Gasteiger partial charge in [-0.1, -0.05) is 19.8 Å². The molecule has 0 radical (unpaired) electrons. The fourth-order valence-electron chi connectivity index (χ4n) is 4.84. The fourth-order valence-corrected chi connectivity index (χ4v) is 4.84. The molecule has 5 heteroatoms. The van der Waals surface area contributed by atoms with E-state index in [2.05, 4.69) is 16.8 Å². The molecule has 2 atom stereocenters. The predicted molar refractivity (Wildman–Crippen MR) is 88.9 cm³/mol. The summed E-state index contributed by atoms with van der Waals surface area (Å²) >= 11 is 0. The van der Waals surface area contributed by atoms with Crippen LogP contribution >= 0.6 is 0 Å². The van der Waals surface area contributed by atoms with Gasteiger partial charge in [0.15, 0.2) is 0 Å². The maximum atomic E-state index is 6.22. The van der Waals surface area contributed by atoms with Crippen LogP contribution in [-0.4, -0.2) is 29.1 Å². The molecule has 1 spiro atoms. The van der Waals surface area contributed by atoms with Gasteiger partial charge in [-0.2, -0.15) is 4.98 Å². The molecule has 1 aromatic heterocycles. The van der Waals surface area contributed by atoms with Gasteiger partial charge in [-0.05, 0) is 38.0 Å². The Morgan fingerprint density at radius 2 is 1.82 bits per heavy atom. The topological polar surface area (TPSA) is 81.1 Å². The standard InChI is InChI=1S/C17H27N5/c1-11-9-22(10-13(11)18)15-12-5-4-8-17(6-2-3-7-17)14(12)20-16(19)21-15/h11,13H,2-10,18H2,1H3,(H2,19,20,21)/t11-,13-/m0/s1. The second-order valence-electron chi connectivity index (χ2n) is 7.62. The van der Waals surface area contributed by atoms with Gasteiger partial charge >= 0.3 is 0 Å². The highest BCUT2D eigenvalue weighted by molar-refractivity contribution is 5.56. The van der Waals surface area contributed by atoms with Crippen molar-refractivity contribution in [2.75, 3.05) is 23.7 Å². The third-order valence-corrected chi connectivity index (χ3v) is 6.12. The molecule has 1 aromatic rings. The van der Waals surface area contributed by atoms with Crippen molar-refractivity contribution in [2.24, 2.45) is 11.7 Å². The summed E-state index contributed by atoms with van der Waals surface area (Å²) in [5.74, 6) is 2.03. The molecule has 1 saturated carbocycles. The molecule has 4 rings (SSSR count). The maximum Gasteiger partial charge on any atom is 0.222 e. The lowest BCUT2D eigenvalue weighted by atomic mass is 9.71. The highest BCUT2D eigenvalue weighted by Gasteiger charge is 2.42. The SMILES string of the molecule is C[C@H]1CN(c2nc(N)nc3c2CCCC32CCCC2)C[C@@H]1N. The zero-order valence-electron chi connectivity index (χ0n) is 13.5. The predicted octanol–water partition coefficient (Wildman–Crippen LogP) is 1.99. The number of hydrogen-bond donors (Lipinski definition) is 2. The van der Waals surface area contributed by atoms with Crippen molar-refractivity contribution >= 4 is 11.8 Å². The first-order chi connectivity index (χ1) is 10.6. The van der Waals surface area contributed by atoms with Crippen LogP contribution in [0.2, 0.25) is 0 Å². The number of hydrogen-bond acceptors (Lipinski definition) is 5. The molecule has 0 unspecified atom stereocenters. The molecule has 3 aliphatic rings. The van der Waals surface area contributed by atoms with Crippen LogP contribution in [0.1, 0.15) is 56.7 Å². The van der Waals surface area contributed by atoms with Gasteiger partial charge in [-0.25, -0.2) is 4.98 Å². The van der Waals surface area contributed by atoms with Crippen LogP contribution in [0, 0.1) is 5.92 Å². The lowest BCUT2D eigenvalue weighted by Crippen LogP contribution is -2.34. The summed E-state index contributed by atoms with van der Waals surface area (Å²) in [6.07, 6.45) is 8.80. The second-order valence-corrected chi connectivity index (χ2v) is 7.62. The zero-order chi connectivity index (χ0) is 15.3. The van der Waals surface area contributed by atoms with Crippen molar-refractivity contribution < 1.29 is 0 Å². The molecule has 0 bridgehead atoms. The lowest BCUT2D eigenvalue weighted by molar-refractivity contribution is 0.357. The van der Waals surface area contributed by atoms with Crippen molar-refractivity contribution in [3.05, 3.63) is 11.3 Å². The van der Waals surface area contributed by atoms with E-state index in [-0.39, 0.29) is 11.5 Å². The first kappa shape index (κ1) is 14.2. The number of rotatable bonds is 1. The molecule has 120 valence electrons. The van der Waals surface area contributed by atoms with Crippen LogP contribution < -0.4 is 16.4 Å². The highest BCUT2D eigenvalue weighted by Crippen LogP contribution is 2.49. The normalized spacial score (nSPS) is 30.0. The van der Waals surface area contributed by atoms with Crippen LogP contribution in [0.4, 0.5) is 11.8 Å². The maximum absolute atomic E-state index is 6.22. The van der Waals surface area contributed by atoms with Crippen LogP contribution in [0.5, 0.6) is 0 Å². The Hall–Kier alpha value is -1.36. The van der Waals surface area contributed by atoms with E-state index in [0.717, 1.165) is 25.3 Å². The number of nitrogens with two attached hydrogens (primary N) is 2. The van der Waals surface area contributed by atoms with Crippen molar-refractivity contribution in [3.8, 4) is 0 Å². The monoisotopic (exact) mass is 301 g/mol. The summed E-state index contributed by atoms with van der Waals surface area (Å²) in [6.45, 7) is 4.09. The number of aromatic nitrogens is 2. The van der Waals surface area contributed by atoms with Gasteiger partial charge in [0.2, 0.25) is 5.95 Å². The number of nitrogens with zero attached hydrogens (tertiary/aromatic N) is 3. The molecule has 0 amide bonds. The van der Waals surface area contributed by atoms with Crippen molar-refractivity contribution in [2.45, 2.75) is 63.3 Å². The minimum atomic E-state index is 0.232.